The van der Waals surface area contributed by atoms with Crippen LogP contribution in [0.25, 0.3) is 0 Å². The Hall–Kier alpha value is -3.61. The molecule has 2 aromatic carbocycles. The second kappa shape index (κ2) is 8.85. The average Bonchev–Trinajstić information content (AvgIpc) is 2.71. The molecule has 0 bridgehead atoms. The van der Waals surface area contributed by atoms with Crippen molar-refractivity contribution >= 4 is 17.5 Å². The molecule has 3 rings (SSSR count). The number of halogens is 2. The highest BCUT2D eigenvalue weighted by atomic mass is 19.1. The van der Waals surface area contributed by atoms with E-state index in [-0.39, 0.29) is 22.9 Å². The van der Waals surface area contributed by atoms with Gasteiger partial charge in [0.05, 0.1) is 5.69 Å². The van der Waals surface area contributed by atoms with Crippen molar-refractivity contribution in [3.8, 4) is 0 Å². The monoisotopic (exact) mass is 381 g/mol. The summed E-state index contributed by atoms with van der Waals surface area (Å²) in [5.74, 6) is -2.70. The van der Waals surface area contributed by atoms with Crippen LogP contribution in [0.5, 0.6) is 0 Å². The van der Waals surface area contributed by atoms with Gasteiger partial charge in [0, 0.05) is 24.4 Å². The highest BCUT2D eigenvalue weighted by Crippen LogP contribution is 2.16. The van der Waals surface area contributed by atoms with Crippen molar-refractivity contribution in [3.05, 3.63) is 95.3 Å². The Kier molecular flexibility index (Phi) is 6.06. The van der Waals surface area contributed by atoms with Crippen molar-refractivity contribution in [1.29, 1.82) is 0 Å². The smallest absolute Gasteiger partial charge is 0.274 e. The van der Waals surface area contributed by atoms with Gasteiger partial charge in [0.2, 0.25) is 0 Å². The first-order chi connectivity index (χ1) is 13.5. The highest BCUT2D eigenvalue weighted by molar-refractivity contribution is 6.04. The van der Waals surface area contributed by atoms with Crippen molar-refractivity contribution in [2.75, 3.05) is 11.9 Å². The number of aromatic nitrogens is 1. The SMILES string of the molecule is O=C(NCCc1ccccc1)c1ccnc(C(=O)Nc2ccc(F)cc2F)c1. The van der Waals surface area contributed by atoms with Crippen LogP contribution in [-0.2, 0) is 6.42 Å². The standard InChI is InChI=1S/C21H17F2N3O2/c22-16-6-7-18(17(23)13-16)26-21(28)19-12-15(9-11-24-19)20(27)25-10-8-14-4-2-1-3-5-14/h1-7,9,11-13H,8,10H2,(H,25,27)(H,26,28). The van der Waals surface area contributed by atoms with Crippen molar-refractivity contribution in [3.63, 3.8) is 0 Å². The van der Waals surface area contributed by atoms with E-state index in [0.29, 0.717) is 19.0 Å². The van der Waals surface area contributed by atoms with Crippen LogP contribution in [0, 0.1) is 11.6 Å². The van der Waals surface area contributed by atoms with Gasteiger partial charge in [-0.2, -0.15) is 0 Å². The number of carbonyl (C=O) groups excluding carboxylic acids is 2. The minimum Gasteiger partial charge on any atom is -0.352 e. The third-order valence-electron chi connectivity index (χ3n) is 3.98. The molecule has 2 N–H and O–H groups in total. The van der Waals surface area contributed by atoms with Gasteiger partial charge in [0.25, 0.3) is 11.8 Å². The molecule has 0 radical (unpaired) electrons. The highest BCUT2D eigenvalue weighted by Gasteiger charge is 2.14. The molecule has 3 aromatic rings. The normalized spacial score (nSPS) is 10.4. The van der Waals surface area contributed by atoms with Gasteiger partial charge in [-0.15, -0.1) is 0 Å². The Bertz CT molecular complexity index is 994. The van der Waals surface area contributed by atoms with Gasteiger partial charge >= 0.3 is 0 Å². The predicted octanol–water partition coefficient (Wildman–Crippen LogP) is 3.58. The molecule has 7 heteroatoms. The van der Waals surface area contributed by atoms with Crippen LogP contribution in [0.4, 0.5) is 14.5 Å². The maximum atomic E-state index is 13.7. The van der Waals surface area contributed by atoms with E-state index in [4.69, 9.17) is 0 Å². The number of amides is 2. The van der Waals surface area contributed by atoms with Gasteiger partial charge in [0.1, 0.15) is 17.3 Å². The summed E-state index contributed by atoms with van der Waals surface area (Å²) in [6, 6.07) is 15.3. The lowest BCUT2D eigenvalue weighted by atomic mass is 10.1. The predicted molar refractivity (Wildman–Crippen MR) is 101 cm³/mol. The van der Waals surface area contributed by atoms with Gasteiger partial charge in [-0.1, -0.05) is 30.3 Å². The Morgan fingerprint density at radius 1 is 0.929 bits per heavy atom. The van der Waals surface area contributed by atoms with E-state index in [0.717, 1.165) is 17.7 Å². The molecule has 0 atom stereocenters. The molecule has 0 aliphatic heterocycles. The van der Waals surface area contributed by atoms with Crippen LogP contribution in [0.3, 0.4) is 0 Å². The third kappa shape index (κ3) is 4.97. The van der Waals surface area contributed by atoms with E-state index in [1.54, 1.807) is 0 Å². The van der Waals surface area contributed by atoms with Gasteiger partial charge in [0.15, 0.2) is 0 Å². The fourth-order valence-electron chi connectivity index (χ4n) is 2.54. The molecule has 0 saturated heterocycles. The number of rotatable bonds is 6. The summed E-state index contributed by atoms with van der Waals surface area (Å²) < 4.78 is 26.6. The van der Waals surface area contributed by atoms with Gasteiger partial charge in [-0.25, -0.2) is 8.78 Å². The Labute approximate surface area is 160 Å². The van der Waals surface area contributed by atoms with E-state index in [1.165, 1.54) is 18.3 Å². The van der Waals surface area contributed by atoms with Crippen molar-refractivity contribution in [1.82, 2.24) is 10.3 Å². The third-order valence-corrected chi connectivity index (χ3v) is 3.98. The van der Waals surface area contributed by atoms with E-state index in [2.05, 4.69) is 15.6 Å². The molecule has 2 amide bonds. The van der Waals surface area contributed by atoms with E-state index >= 15 is 0 Å². The molecule has 5 nitrogen and oxygen atoms in total. The second-order valence-electron chi connectivity index (χ2n) is 6.00. The lowest BCUT2D eigenvalue weighted by Gasteiger charge is -2.08. The summed E-state index contributed by atoms with van der Waals surface area (Å²) >= 11 is 0. The van der Waals surface area contributed by atoms with Crippen molar-refractivity contribution in [2.45, 2.75) is 6.42 Å². The minimum atomic E-state index is -0.900. The molecule has 1 aromatic heterocycles. The maximum Gasteiger partial charge on any atom is 0.274 e. The number of anilines is 1. The van der Waals surface area contributed by atoms with Crippen LogP contribution < -0.4 is 10.6 Å². The molecule has 0 saturated carbocycles. The number of hydrogen-bond donors (Lipinski definition) is 2. The molecule has 0 aliphatic carbocycles. The zero-order valence-electron chi connectivity index (χ0n) is 14.8. The Morgan fingerprint density at radius 2 is 1.71 bits per heavy atom. The van der Waals surface area contributed by atoms with Crippen LogP contribution in [-0.4, -0.2) is 23.3 Å². The summed E-state index contributed by atoms with van der Waals surface area (Å²) in [5.41, 5.74) is 1.12. The van der Waals surface area contributed by atoms with Gasteiger partial charge < -0.3 is 10.6 Å². The molecule has 0 fully saturated rings. The number of nitrogens with one attached hydrogen (secondary N) is 2. The fourth-order valence-corrected chi connectivity index (χ4v) is 2.54. The van der Waals surface area contributed by atoms with Crippen molar-refractivity contribution in [2.24, 2.45) is 0 Å². The number of nitrogens with zero attached hydrogens (tertiary/aromatic N) is 1. The maximum absolute atomic E-state index is 13.7. The molecule has 0 aliphatic rings. The lowest BCUT2D eigenvalue weighted by molar-refractivity contribution is 0.0954. The number of hydrogen-bond acceptors (Lipinski definition) is 3. The largest absolute Gasteiger partial charge is 0.352 e. The van der Waals surface area contributed by atoms with E-state index in [1.807, 2.05) is 30.3 Å². The molecule has 0 unspecified atom stereocenters. The second-order valence-corrected chi connectivity index (χ2v) is 6.00. The zero-order chi connectivity index (χ0) is 19.9. The molecule has 0 spiro atoms. The first-order valence-corrected chi connectivity index (χ1v) is 8.57. The van der Waals surface area contributed by atoms with Gasteiger partial charge in [-0.05, 0) is 36.2 Å². The summed E-state index contributed by atoms with van der Waals surface area (Å²) in [6.45, 7) is 0.438. The molecular formula is C21H17F2N3O2. The van der Waals surface area contributed by atoms with E-state index in [9.17, 15) is 18.4 Å². The van der Waals surface area contributed by atoms with E-state index < -0.39 is 17.5 Å². The van der Waals surface area contributed by atoms with Gasteiger partial charge in [-0.3, -0.25) is 14.6 Å². The average molecular weight is 381 g/mol. The minimum absolute atomic E-state index is 0.0561. The number of benzene rings is 2. The lowest BCUT2D eigenvalue weighted by Crippen LogP contribution is -2.26. The zero-order valence-corrected chi connectivity index (χ0v) is 14.8. The quantitative estimate of drug-likeness (QED) is 0.686. The topological polar surface area (TPSA) is 71.1 Å². The molecule has 142 valence electrons. The summed E-state index contributed by atoms with van der Waals surface area (Å²) in [6.07, 6.45) is 2.00. The van der Waals surface area contributed by atoms with Crippen LogP contribution in [0.1, 0.15) is 26.4 Å². The molecular weight excluding hydrogens is 364 g/mol. The molecule has 28 heavy (non-hydrogen) atoms. The van der Waals surface area contributed by atoms with Crippen molar-refractivity contribution < 1.29 is 18.4 Å². The summed E-state index contributed by atoms with van der Waals surface area (Å²) in [5, 5.41) is 5.09. The fraction of sp³-hybridized carbons (Fsp3) is 0.0952. The Balaban J connectivity index is 1.62. The number of pyridine rings is 1. The molecule has 1 heterocycles. The first kappa shape index (κ1) is 19.2. The summed E-state index contributed by atoms with van der Waals surface area (Å²) in [4.78, 5) is 28.5. The van der Waals surface area contributed by atoms with Crippen LogP contribution >= 0.6 is 0 Å². The van der Waals surface area contributed by atoms with Crippen LogP contribution in [0.2, 0.25) is 0 Å². The Morgan fingerprint density at radius 3 is 2.46 bits per heavy atom. The van der Waals surface area contributed by atoms with Crippen LogP contribution in [0.15, 0.2) is 66.9 Å². The summed E-state index contributed by atoms with van der Waals surface area (Å²) in [7, 11) is 0. The first-order valence-electron chi connectivity index (χ1n) is 8.57. The number of carbonyl (C=O) groups is 2.